The van der Waals surface area contributed by atoms with Crippen molar-refractivity contribution in [3.05, 3.63) is 22.4 Å². The molecule has 0 radical (unpaired) electrons. The van der Waals surface area contributed by atoms with Gasteiger partial charge in [0.2, 0.25) is 0 Å². The summed E-state index contributed by atoms with van der Waals surface area (Å²) in [6.45, 7) is 0. The number of allylic oxidation sites excluding steroid dienone is 2. The first kappa shape index (κ1) is 10.7. The van der Waals surface area contributed by atoms with Crippen LogP contribution in [0.25, 0.3) is 0 Å². The van der Waals surface area contributed by atoms with Gasteiger partial charge in [-0.3, -0.25) is 0 Å². The first-order valence-corrected chi connectivity index (χ1v) is 5.19. The Hall–Kier alpha value is 0.740. The molecule has 10 heavy (non-hydrogen) atoms. The van der Waals surface area contributed by atoms with Gasteiger partial charge in [0.05, 0.1) is 0 Å². The van der Waals surface area contributed by atoms with Crippen molar-refractivity contribution in [2.45, 2.75) is 3.97 Å². The van der Waals surface area contributed by atoms with Crippen LogP contribution in [-0.2, 0) is 4.79 Å². The molecule has 0 fully saturated rings. The second-order valence-corrected chi connectivity index (χ2v) is 4.59. The van der Waals surface area contributed by atoms with Crippen LogP contribution in [0, 0.1) is 0 Å². The van der Waals surface area contributed by atoms with Gasteiger partial charge in [0.25, 0.3) is 0 Å². The summed E-state index contributed by atoms with van der Waals surface area (Å²) in [5.41, 5.74) is 0. The van der Waals surface area contributed by atoms with Crippen LogP contribution in [0.5, 0.6) is 0 Å². The van der Waals surface area contributed by atoms with E-state index in [4.69, 9.17) is 0 Å². The molecule has 0 saturated carbocycles. The molecule has 0 spiro atoms. The van der Waals surface area contributed by atoms with Crippen molar-refractivity contribution in [3.63, 3.8) is 0 Å². The van der Waals surface area contributed by atoms with Crippen LogP contribution in [0.4, 0.5) is 0 Å². The number of carboxylic acids is 1. The summed E-state index contributed by atoms with van der Waals surface area (Å²) >= 11 is -0.483. The normalized spacial score (nSPS) is 21.8. The standard InChI is InChI=1S/C6H6O2Te.Na/c7-6(8)5-3-1-2-4-9-5;/h1-5H,(H,7,8);/q;+1/p-1. The van der Waals surface area contributed by atoms with Gasteiger partial charge in [0, 0.05) is 0 Å². The Bertz CT molecular complexity index is 177. The topological polar surface area (TPSA) is 40.1 Å². The van der Waals surface area contributed by atoms with Gasteiger partial charge in [-0.1, -0.05) is 0 Å². The predicted molar refractivity (Wildman–Crippen MR) is 32.8 cm³/mol. The number of hydrogen-bond donors (Lipinski definition) is 0. The monoisotopic (exact) mass is 262 g/mol. The van der Waals surface area contributed by atoms with E-state index in [0.29, 0.717) is 0 Å². The second-order valence-electron chi connectivity index (χ2n) is 1.59. The maximum atomic E-state index is 10.2. The van der Waals surface area contributed by atoms with Crippen molar-refractivity contribution in [2.24, 2.45) is 0 Å². The second kappa shape index (κ2) is 5.40. The van der Waals surface area contributed by atoms with E-state index >= 15 is 0 Å². The number of carbonyl (C=O) groups is 1. The molecule has 0 saturated heterocycles. The van der Waals surface area contributed by atoms with E-state index in [2.05, 4.69) is 0 Å². The molecular formula is C6H5NaO2Te. The van der Waals surface area contributed by atoms with Crippen LogP contribution in [0.3, 0.4) is 0 Å². The summed E-state index contributed by atoms with van der Waals surface area (Å²) in [6.07, 6.45) is 5.34. The zero-order valence-corrected chi connectivity index (χ0v) is 9.94. The van der Waals surface area contributed by atoms with Crippen molar-refractivity contribution in [3.8, 4) is 0 Å². The maximum absolute atomic E-state index is 10.2. The van der Waals surface area contributed by atoms with Crippen LogP contribution < -0.4 is 34.7 Å². The van der Waals surface area contributed by atoms with E-state index in [-0.39, 0.29) is 33.5 Å². The van der Waals surface area contributed by atoms with Crippen molar-refractivity contribution >= 4 is 26.9 Å². The minimum atomic E-state index is -0.932. The van der Waals surface area contributed by atoms with E-state index in [1.54, 1.807) is 12.2 Å². The molecule has 1 atom stereocenters. The van der Waals surface area contributed by atoms with Crippen LogP contribution in [-0.4, -0.2) is 26.9 Å². The summed E-state index contributed by atoms with van der Waals surface area (Å²) in [5.74, 6) is -0.932. The molecule has 2 nitrogen and oxygen atoms in total. The third-order valence-corrected chi connectivity index (χ3v) is 3.66. The molecule has 0 aromatic carbocycles. The molecule has 0 N–H and O–H groups in total. The van der Waals surface area contributed by atoms with Crippen LogP contribution in [0.1, 0.15) is 0 Å². The Morgan fingerprint density at radius 1 is 1.50 bits per heavy atom. The average Bonchev–Trinajstić information content (AvgIpc) is 1.90. The van der Waals surface area contributed by atoms with Gasteiger partial charge in [0.1, 0.15) is 0 Å². The number of carbonyl (C=O) groups excluding carboxylic acids is 1. The smallest absolute Gasteiger partial charge is 1.00 e. The van der Waals surface area contributed by atoms with E-state index in [1.165, 1.54) is 0 Å². The van der Waals surface area contributed by atoms with Gasteiger partial charge in [-0.25, -0.2) is 0 Å². The Kier molecular flexibility index (Phi) is 5.80. The van der Waals surface area contributed by atoms with E-state index in [0.717, 1.165) is 0 Å². The Morgan fingerprint density at radius 2 is 2.20 bits per heavy atom. The largest absolute Gasteiger partial charge is 1.00 e. The third-order valence-electron chi connectivity index (χ3n) is 0.933. The van der Waals surface area contributed by atoms with Gasteiger partial charge in [0.15, 0.2) is 0 Å². The fourth-order valence-corrected chi connectivity index (χ4v) is 2.36. The molecule has 4 heteroatoms. The molecule has 1 rings (SSSR count). The molecule has 0 aliphatic carbocycles. The summed E-state index contributed by atoms with van der Waals surface area (Å²) in [5, 5.41) is 10.2. The van der Waals surface area contributed by atoms with E-state index in [9.17, 15) is 9.90 Å². The molecule has 0 aromatic heterocycles. The Labute approximate surface area is 91.8 Å². The van der Waals surface area contributed by atoms with Gasteiger partial charge in [-0.2, -0.15) is 0 Å². The minimum Gasteiger partial charge on any atom is 1.00 e. The first-order valence-electron chi connectivity index (χ1n) is 2.50. The summed E-state index contributed by atoms with van der Waals surface area (Å²) in [7, 11) is 0. The fourth-order valence-electron chi connectivity index (χ4n) is 0.520. The summed E-state index contributed by atoms with van der Waals surface area (Å²) in [6, 6.07) is 0. The van der Waals surface area contributed by atoms with Crippen molar-refractivity contribution in [2.75, 3.05) is 0 Å². The van der Waals surface area contributed by atoms with Crippen LogP contribution in [0.15, 0.2) is 22.4 Å². The van der Waals surface area contributed by atoms with E-state index < -0.39 is 26.9 Å². The SMILES string of the molecule is O=C([O-])C1C=CC=C[Te]1.[Na+]. The fraction of sp³-hybridized carbons (Fsp3) is 0.167. The number of aliphatic carboxylic acids is 1. The van der Waals surface area contributed by atoms with Crippen molar-refractivity contribution in [1.82, 2.24) is 0 Å². The number of carboxylic acid groups (broad SMARTS) is 1. The van der Waals surface area contributed by atoms with Gasteiger partial charge in [-0.15, -0.1) is 0 Å². The molecule has 48 valence electrons. The Morgan fingerprint density at radius 3 is 2.50 bits per heavy atom. The predicted octanol–water partition coefficient (Wildman–Crippen LogP) is -3.68. The first-order chi connectivity index (χ1) is 4.30. The molecule has 0 bridgehead atoms. The molecule has 0 amide bonds. The molecule has 0 aromatic rings. The van der Waals surface area contributed by atoms with Crippen molar-refractivity contribution < 1.29 is 39.5 Å². The van der Waals surface area contributed by atoms with Gasteiger partial charge in [-0.05, 0) is 0 Å². The summed E-state index contributed by atoms with van der Waals surface area (Å²) < 4.78 is 1.67. The number of rotatable bonds is 1. The molecule has 1 unspecified atom stereocenters. The van der Waals surface area contributed by atoms with Crippen LogP contribution in [0.2, 0.25) is 3.97 Å². The molecular weight excluding hydrogens is 255 g/mol. The molecule has 1 aliphatic heterocycles. The van der Waals surface area contributed by atoms with Gasteiger partial charge < -0.3 is 0 Å². The quantitative estimate of drug-likeness (QED) is 0.455. The summed E-state index contributed by atoms with van der Waals surface area (Å²) in [4.78, 5) is 10.2. The average molecular weight is 260 g/mol. The minimum absolute atomic E-state index is 0. The zero-order chi connectivity index (χ0) is 6.69. The van der Waals surface area contributed by atoms with Crippen molar-refractivity contribution in [1.29, 1.82) is 0 Å². The van der Waals surface area contributed by atoms with E-state index in [1.807, 2.05) is 10.2 Å². The number of hydrogen-bond acceptors (Lipinski definition) is 2. The zero-order valence-electron chi connectivity index (χ0n) is 5.61. The maximum Gasteiger partial charge on any atom is 1.00 e. The van der Waals surface area contributed by atoms with Gasteiger partial charge >= 0.3 is 92.7 Å². The van der Waals surface area contributed by atoms with Crippen LogP contribution >= 0.6 is 0 Å². The molecule has 1 heterocycles. The third kappa shape index (κ3) is 3.23. The Balaban J connectivity index is 0.000000810. The molecule has 1 aliphatic rings.